The van der Waals surface area contributed by atoms with Crippen LogP contribution in [0.15, 0.2) is 18.2 Å². The molecule has 1 amide bonds. The molecule has 1 aromatic carbocycles. The molecule has 0 aliphatic heterocycles. The maximum Gasteiger partial charge on any atom is 0.227 e. The largest absolute Gasteiger partial charge is 0.342 e. The van der Waals surface area contributed by atoms with Crippen molar-refractivity contribution in [1.82, 2.24) is 4.90 Å². The van der Waals surface area contributed by atoms with Gasteiger partial charge in [-0.15, -0.1) is 0 Å². The Kier molecular flexibility index (Phi) is 5.62. The SMILES string of the molecule is CCN(CC(C)(C)CN)C(=O)Cc1ccc(F)c(F)c1. The summed E-state index contributed by atoms with van der Waals surface area (Å²) in [7, 11) is 0. The van der Waals surface area contributed by atoms with Crippen LogP contribution in [0.3, 0.4) is 0 Å². The van der Waals surface area contributed by atoms with Gasteiger partial charge in [-0.25, -0.2) is 8.78 Å². The summed E-state index contributed by atoms with van der Waals surface area (Å²) in [5.74, 6) is -1.95. The van der Waals surface area contributed by atoms with Crippen LogP contribution >= 0.6 is 0 Å². The van der Waals surface area contributed by atoms with Crippen LogP contribution in [-0.4, -0.2) is 30.4 Å². The molecular formula is C15H22F2N2O. The third-order valence-corrected chi connectivity index (χ3v) is 3.25. The van der Waals surface area contributed by atoms with Gasteiger partial charge in [0.15, 0.2) is 11.6 Å². The van der Waals surface area contributed by atoms with Crippen molar-refractivity contribution in [3.8, 4) is 0 Å². The molecule has 0 aliphatic carbocycles. The van der Waals surface area contributed by atoms with Crippen LogP contribution in [-0.2, 0) is 11.2 Å². The lowest BCUT2D eigenvalue weighted by atomic mass is 9.93. The minimum Gasteiger partial charge on any atom is -0.342 e. The number of amides is 1. The first-order chi connectivity index (χ1) is 9.29. The second-order valence-corrected chi connectivity index (χ2v) is 5.70. The molecule has 2 N–H and O–H groups in total. The van der Waals surface area contributed by atoms with E-state index in [9.17, 15) is 13.6 Å². The van der Waals surface area contributed by atoms with Crippen molar-refractivity contribution in [2.24, 2.45) is 11.1 Å². The number of nitrogens with two attached hydrogens (primary N) is 1. The maximum atomic E-state index is 13.1. The zero-order valence-corrected chi connectivity index (χ0v) is 12.2. The fraction of sp³-hybridized carbons (Fsp3) is 0.533. The van der Waals surface area contributed by atoms with Gasteiger partial charge in [0.05, 0.1) is 6.42 Å². The molecule has 0 heterocycles. The predicted molar refractivity (Wildman–Crippen MR) is 75.2 cm³/mol. The summed E-state index contributed by atoms with van der Waals surface area (Å²) < 4.78 is 26.0. The number of carbonyl (C=O) groups is 1. The summed E-state index contributed by atoms with van der Waals surface area (Å²) in [5.41, 5.74) is 5.97. The Hall–Kier alpha value is -1.49. The topological polar surface area (TPSA) is 46.3 Å². The lowest BCUT2D eigenvalue weighted by Crippen LogP contribution is -2.42. The summed E-state index contributed by atoms with van der Waals surface area (Å²) in [5, 5.41) is 0. The van der Waals surface area contributed by atoms with Gasteiger partial charge >= 0.3 is 0 Å². The van der Waals surface area contributed by atoms with Gasteiger partial charge in [0.25, 0.3) is 0 Å². The minimum atomic E-state index is -0.930. The van der Waals surface area contributed by atoms with Crippen LogP contribution in [0.25, 0.3) is 0 Å². The number of hydrogen-bond donors (Lipinski definition) is 1. The Morgan fingerprint density at radius 1 is 1.30 bits per heavy atom. The summed E-state index contributed by atoms with van der Waals surface area (Å²) in [6.45, 7) is 7.44. The summed E-state index contributed by atoms with van der Waals surface area (Å²) in [6.07, 6.45) is 0.0612. The normalized spacial score (nSPS) is 11.5. The van der Waals surface area contributed by atoms with Gasteiger partial charge in [-0.2, -0.15) is 0 Å². The molecule has 5 heteroatoms. The molecule has 0 radical (unpaired) electrons. The fourth-order valence-corrected chi connectivity index (χ4v) is 1.89. The number of likely N-dealkylation sites (N-methyl/N-ethyl adjacent to an activating group) is 1. The first-order valence-corrected chi connectivity index (χ1v) is 6.71. The molecule has 0 atom stereocenters. The molecule has 1 aromatic rings. The van der Waals surface area contributed by atoms with Crippen LogP contribution in [0, 0.1) is 17.0 Å². The quantitative estimate of drug-likeness (QED) is 0.871. The van der Waals surface area contributed by atoms with Gasteiger partial charge in [-0.1, -0.05) is 19.9 Å². The lowest BCUT2D eigenvalue weighted by Gasteiger charge is -2.31. The van der Waals surface area contributed by atoms with E-state index in [-0.39, 0.29) is 17.7 Å². The van der Waals surface area contributed by atoms with E-state index in [1.54, 1.807) is 4.90 Å². The molecule has 0 spiro atoms. The zero-order valence-electron chi connectivity index (χ0n) is 12.2. The van der Waals surface area contributed by atoms with Crippen molar-refractivity contribution in [3.63, 3.8) is 0 Å². The number of rotatable bonds is 6. The van der Waals surface area contributed by atoms with Crippen molar-refractivity contribution in [1.29, 1.82) is 0 Å². The van der Waals surface area contributed by atoms with E-state index in [2.05, 4.69) is 0 Å². The summed E-state index contributed by atoms with van der Waals surface area (Å²) in [4.78, 5) is 13.9. The van der Waals surface area contributed by atoms with Crippen LogP contribution < -0.4 is 5.73 Å². The van der Waals surface area contributed by atoms with Crippen LogP contribution in [0.2, 0.25) is 0 Å². The van der Waals surface area contributed by atoms with E-state index < -0.39 is 11.6 Å². The third-order valence-electron chi connectivity index (χ3n) is 3.25. The molecule has 0 bridgehead atoms. The van der Waals surface area contributed by atoms with Crippen LogP contribution in [0.4, 0.5) is 8.78 Å². The van der Waals surface area contributed by atoms with E-state index in [0.717, 1.165) is 12.1 Å². The van der Waals surface area contributed by atoms with E-state index in [0.29, 0.717) is 25.2 Å². The molecule has 0 saturated heterocycles. The second-order valence-electron chi connectivity index (χ2n) is 5.70. The maximum absolute atomic E-state index is 13.1. The van der Waals surface area contributed by atoms with Gasteiger partial charge in [0.2, 0.25) is 5.91 Å². The highest BCUT2D eigenvalue weighted by atomic mass is 19.2. The highest BCUT2D eigenvalue weighted by molar-refractivity contribution is 5.78. The van der Waals surface area contributed by atoms with Crippen LogP contribution in [0.1, 0.15) is 26.3 Å². The molecule has 20 heavy (non-hydrogen) atoms. The standard InChI is InChI=1S/C15H22F2N2O/c1-4-19(10-15(2,3)9-18)14(20)8-11-5-6-12(16)13(17)7-11/h5-7H,4,8-10,18H2,1-3H3. The molecular weight excluding hydrogens is 262 g/mol. The molecule has 0 fully saturated rings. The Balaban J connectivity index is 2.74. The molecule has 0 aliphatic rings. The third kappa shape index (κ3) is 4.56. The highest BCUT2D eigenvalue weighted by Crippen LogP contribution is 2.16. The van der Waals surface area contributed by atoms with Crippen LogP contribution in [0.5, 0.6) is 0 Å². The summed E-state index contributed by atoms with van der Waals surface area (Å²) >= 11 is 0. The summed E-state index contributed by atoms with van der Waals surface area (Å²) in [6, 6.07) is 3.53. The first-order valence-electron chi connectivity index (χ1n) is 6.71. The zero-order chi connectivity index (χ0) is 15.3. The van der Waals surface area contributed by atoms with Gasteiger partial charge in [-0.3, -0.25) is 4.79 Å². The van der Waals surface area contributed by atoms with E-state index >= 15 is 0 Å². The van der Waals surface area contributed by atoms with Gasteiger partial charge in [0.1, 0.15) is 0 Å². The lowest BCUT2D eigenvalue weighted by molar-refractivity contribution is -0.131. The minimum absolute atomic E-state index is 0.0612. The number of halogens is 2. The van der Waals surface area contributed by atoms with Gasteiger partial charge in [0, 0.05) is 13.1 Å². The average molecular weight is 284 g/mol. The Labute approximate surface area is 118 Å². The number of carbonyl (C=O) groups excluding carboxylic acids is 1. The van der Waals surface area contributed by atoms with Gasteiger partial charge < -0.3 is 10.6 Å². The fourth-order valence-electron chi connectivity index (χ4n) is 1.89. The smallest absolute Gasteiger partial charge is 0.227 e. The average Bonchev–Trinajstić information content (AvgIpc) is 2.40. The predicted octanol–water partition coefficient (Wildman–Crippen LogP) is 2.34. The monoisotopic (exact) mass is 284 g/mol. The molecule has 0 aromatic heterocycles. The molecule has 0 unspecified atom stereocenters. The Bertz CT molecular complexity index is 475. The van der Waals surface area contributed by atoms with Crippen molar-refractivity contribution in [2.75, 3.05) is 19.6 Å². The van der Waals surface area contributed by atoms with E-state index in [4.69, 9.17) is 5.73 Å². The number of benzene rings is 1. The molecule has 0 saturated carbocycles. The molecule has 3 nitrogen and oxygen atoms in total. The molecule has 1 rings (SSSR count). The second kappa shape index (κ2) is 6.79. The Morgan fingerprint density at radius 3 is 2.45 bits per heavy atom. The van der Waals surface area contributed by atoms with E-state index in [1.807, 2.05) is 20.8 Å². The highest BCUT2D eigenvalue weighted by Gasteiger charge is 2.22. The van der Waals surface area contributed by atoms with Crippen molar-refractivity contribution >= 4 is 5.91 Å². The van der Waals surface area contributed by atoms with Crippen molar-refractivity contribution < 1.29 is 13.6 Å². The molecule has 112 valence electrons. The van der Waals surface area contributed by atoms with Gasteiger partial charge in [-0.05, 0) is 36.6 Å². The van der Waals surface area contributed by atoms with E-state index in [1.165, 1.54) is 6.07 Å². The van der Waals surface area contributed by atoms with Crippen molar-refractivity contribution in [3.05, 3.63) is 35.4 Å². The first kappa shape index (κ1) is 16.6. The van der Waals surface area contributed by atoms with Crippen molar-refractivity contribution in [2.45, 2.75) is 27.2 Å². The number of hydrogen-bond acceptors (Lipinski definition) is 2. The number of nitrogens with zero attached hydrogens (tertiary/aromatic N) is 1. The Morgan fingerprint density at radius 2 is 1.95 bits per heavy atom.